The SMILES string of the molecule is CC(C)Oc1cc2c(-c3ccnc(N4CCN(C(=O)O)[C@@H](C)C4)c3)nn(COCC[Si](C)(C)C)c2cc1F. The molecule has 1 saturated heterocycles. The van der Waals surface area contributed by atoms with Crippen LogP contribution in [0.4, 0.5) is 15.0 Å². The Morgan fingerprint density at radius 2 is 2.00 bits per heavy atom. The van der Waals surface area contributed by atoms with Crippen LogP contribution in [0, 0.1) is 5.82 Å². The number of rotatable bonds is 9. The van der Waals surface area contributed by atoms with E-state index in [-0.39, 0.29) is 24.6 Å². The van der Waals surface area contributed by atoms with Crippen molar-refractivity contribution in [2.24, 2.45) is 0 Å². The molecule has 11 heteroatoms. The number of hydrogen-bond acceptors (Lipinski definition) is 6. The van der Waals surface area contributed by atoms with Crippen LogP contribution < -0.4 is 9.64 Å². The minimum absolute atomic E-state index is 0.154. The van der Waals surface area contributed by atoms with Crippen LogP contribution in [0.25, 0.3) is 22.2 Å². The van der Waals surface area contributed by atoms with Gasteiger partial charge in [0.1, 0.15) is 18.2 Å². The molecule has 1 N–H and O–H groups in total. The molecule has 1 fully saturated rings. The number of carbonyl (C=O) groups is 1. The molecule has 0 bridgehead atoms. The summed E-state index contributed by atoms with van der Waals surface area (Å²) >= 11 is 0. The number of nitrogens with zero attached hydrogens (tertiary/aromatic N) is 5. The Bertz CT molecular complexity index is 1290. The van der Waals surface area contributed by atoms with E-state index in [4.69, 9.17) is 14.6 Å². The van der Waals surface area contributed by atoms with Crippen LogP contribution in [-0.2, 0) is 11.5 Å². The number of hydrogen-bond donors (Lipinski definition) is 1. The molecular formula is C27H38FN5O4Si. The number of carboxylic acid groups (broad SMARTS) is 1. The quantitative estimate of drug-likeness (QED) is 0.280. The summed E-state index contributed by atoms with van der Waals surface area (Å²) in [5, 5.41) is 15.0. The number of halogens is 1. The van der Waals surface area contributed by atoms with Crippen molar-refractivity contribution in [1.82, 2.24) is 19.7 Å². The Kier molecular flexibility index (Phi) is 8.27. The predicted molar refractivity (Wildman–Crippen MR) is 149 cm³/mol. The lowest BCUT2D eigenvalue weighted by Crippen LogP contribution is -2.53. The first-order valence-corrected chi connectivity index (χ1v) is 16.8. The standard InChI is InChI=1S/C27H38FN5O4Si/c1-18(2)37-24-14-21-23(15-22(24)28)33(17-36-11-12-38(4,5)6)30-26(21)20-7-8-29-25(13-20)31-9-10-32(27(34)35)19(3)16-31/h7-8,13-15,18-19H,9-12,16-17H2,1-6H3,(H,34,35)/t19-/m0/s1. The summed E-state index contributed by atoms with van der Waals surface area (Å²) in [5.41, 5.74) is 2.14. The molecule has 2 aromatic heterocycles. The second-order valence-electron chi connectivity index (χ2n) is 11.3. The fourth-order valence-corrected chi connectivity index (χ4v) is 5.31. The van der Waals surface area contributed by atoms with Crippen LogP contribution in [0.2, 0.25) is 25.7 Å². The van der Waals surface area contributed by atoms with Crippen molar-refractivity contribution in [3.05, 3.63) is 36.3 Å². The highest BCUT2D eigenvalue weighted by Crippen LogP contribution is 2.34. The minimum Gasteiger partial charge on any atom is -0.488 e. The maximum absolute atomic E-state index is 15.0. The van der Waals surface area contributed by atoms with Crippen LogP contribution in [-0.4, -0.2) is 77.3 Å². The molecule has 0 aliphatic carbocycles. The number of aromatic nitrogens is 3. The Morgan fingerprint density at radius 3 is 2.66 bits per heavy atom. The lowest BCUT2D eigenvalue weighted by atomic mass is 10.1. The van der Waals surface area contributed by atoms with Crippen molar-refractivity contribution in [3.8, 4) is 17.0 Å². The van der Waals surface area contributed by atoms with Gasteiger partial charge in [-0.05, 0) is 45.0 Å². The average molecular weight is 544 g/mol. The molecule has 4 rings (SSSR count). The van der Waals surface area contributed by atoms with Crippen molar-refractivity contribution in [3.63, 3.8) is 0 Å². The number of amides is 1. The molecule has 38 heavy (non-hydrogen) atoms. The van der Waals surface area contributed by atoms with Gasteiger partial charge in [0.05, 0.1) is 11.6 Å². The molecule has 0 spiro atoms. The molecule has 1 atom stereocenters. The number of pyridine rings is 1. The normalized spacial score (nSPS) is 16.5. The molecule has 206 valence electrons. The molecule has 0 radical (unpaired) electrons. The predicted octanol–water partition coefficient (Wildman–Crippen LogP) is 5.53. The van der Waals surface area contributed by atoms with Gasteiger partial charge in [-0.1, -0.05) is 19.6 Å². The van der Waals surface area contributed by atoms with E-state index >= 15 is 0 Å². The van der Waals surface area contributed by atoms with Crippen LogP contribution in [0.5, 0.6) is 5.75 Å². The largest absolute Gasteiger partial charge is 0.488 e. The maximum Gasteiger partial charge on any atom is 0.407 e. The molecule has 1 aliphatic rings. The number of anilines is 1. The summed E-state index contributed by atoms with van der Waals surface area (Å²) in [6, 6.07) is 7.87. The number of fused-ring (bicyclic) bond motifs is 1. The summed E-state index contributed by atoms with van der Waals surface area (Å²) < 4.78 is 28.4. The lowest BCUT2D eigenvalue weighted by molar-refractivity contribution is 0.0818. The van der Waals surface area contributed by atoms with Gasteiger partial charge < -0.3 is 24.4 Å². The third-order valence-corrected chi connectivity index (χ3v) is 8.30. The van der Waals surface area contributed by atoms with E-state index < -0.39 is 20.0 Å². The monoisotopic (exact) mass is 543 g/mol. The van der Waals surface area contributed by atoms with Crippen molar-refractivity contribution in [2.45, 2.75) is 65.3 Å². The Balaban J connectivity index is 1.68. The average Bonchev–Trinajstić information content (AvgIpc) is 3.18. The van der Waals surface area contributed by atoms with Crippen LogP contribution in [0.15, 0.2) is 30.5 Å². The number of benzene rings is 1. The third-order valence-electron chi connectivity index (χ3n) is 6.59. The van der Waals surface area contributed by atoms with Gasteiger partial charge in [0.2, 0.25) is 0 Å². The highest BCUT2D eigenvalue weighted by Gasteiger charge is 2.28. The first-order valence-electron chi connectivity index (χ1n) is 13.1. The molecule has 1 aliphatic heterocycles. The lowest BCUT2D eigenvalue weighted by Gasteiger charge is -2.38. The Labute approximate surface area is 224 Å². The van der Waals surface area contributed by atoms with E-state index in [2.05, 4.69) is 29.5 Å². The maximum atomic E-state index is 15.0. The zero-order chi connectivity index (χ0) is 27.6. The smallest absolute Gasteiger partial charge is 0.407 e. The molecule has 0 unspecified atom stereocenters. The zero-order valence-electron chi connectivity index (χ0n) is 23.1. The highest BCUT2D eigenvalue weighted by molar-refractivity contribution is 6.76. The fourth-order valence-electron chi connectivity index (χ4n) is 4.55. The summed E-state index contributed by atoms with van der Waals surface area (Å²) in [6.45, 7) is 14.9. The van der Waals surface area contributed by atoms with Crippen LogP contribution in [0.1, 0.15) is 20.8 Å². The molecule has 3 aromatic rings. The second kappa shape index (κ2) is 11.3. The minimum atomic E-state index is -1.25. The van der Waals surface area contributed by atoms with E-state index in [1.54, 1.807) is 16.9 Å². The van der Waals surface area contributed by atoms with Gasteiger partial charge in [-0.15, -0.1) is 0 Å². The van der Waals surface area contributed by atoms with Crippen molar-refractivity contribution in [1.29, 1.82) is 0 Å². The topological polar surface area (TPSA) is 93.0 Å². The van der Waals surface area contributed by atoms with Gasteiger partial charge in [-0.3, -0.25) is 0 Å². The van der Waals surface area contributed by atoms with Gasteiger partial charge in [-0.2, -0.15) is 5.10 Å². The van der Waals surface area contributed by atoms with Crippen molar-refractivity contribution in [2.75, 3.05) is 31.1 Å². The van der Waals surface area contributed by atoms with Crippen LogP contribution in [0.3, 0.4) is 0 Å². The molecule has 1 amide bonds. The van der Waals surface area contributed by atoms with E-state index in [9.17, 15) is 14.3 Å². The van der Waals surface area contributed by atoms with E-state index in [0.717, 1.165) is 22.8 Å². The van der Waals surface area contributed by atoms with Crippen molar-refractivity contribution < 1.29 is 23.8 Å². The zero-order valence-corrected chi connectivity index (χ0v) is 24.1. The highest BCUT2D eigenvalue weighted by atomic mass is 28.3. The molecular weight excluding hydrogens is 505 g/mol. The first-order chi connectivity index (χ1) is 17.9. The summed E-state index contributed by atoms with van der Waals surface area (Å²) in [7, 11) is -1.25. The van der Waals surface area contributed by atoms with Crippen LogP contribution >= 0.6 is 0 Å². The van der Waals surface area contributed by atoms with Crippen molar-refractivity contribution >= 4 is 30.9 Å². The molecule has 9 nitrogen and oxygen atoms in total. The van der Waals surface area contributed by atoms with E-state index in [1.165, 1.54) is 11.0 Å². The van der Waals surface area contributed by atoms with Gasteiger partial charge in [0.25, 0.3) is 0 Å². The summed E-state index contributed by atoms with van der Waals surface area (Å²) in [6.07, 6.45) is 0.641. The third kappa shape index (κ3) is 6.44. The fraction of sp³-hybridized carbons (Fsp3) is 0.519. The van der Waals surface area contributed by atoms with Gasteiger partial charge >= 0.3 is 6.09 Å². The number of ether oxygens (including phenoxy) is 2. The number of piperazine rings is 1. The molecule has 1 aromatic carbocycles. The molecule has 3 heterocycles. The van der Waals surface area contributed by atoms with E-state index in [0.29, 0.717) is 37.5 Å². The van der Waals surface area contributed by atoms with Gasteiger partial charge in [0, 0.05) is 63.6 Å². The molecule has 0 saturated carbocycles. The summed E-state index contributed by atoms with van der Waals surface area (Å²) in [5.74, 6) is 0.483. The summed E-state index contributed by atoms with van der Waals surface area (Å²) in [4.78, 5) is 19.6. The Hall–Kier alpha value is -3.18. The first kappa shape index (κ1) is 27.8. The second-order valence-corrected chi connectivity index (χ2v) is 17.0. The van der Waals surface area contributed by atoms with Gasteiger partial charge in [-0.25, -0.2) is 18.9 Å². The Morgan fingerprint density at radius 1 is 1.24 bits per heavy atom. The van der Waals surface area contributed by atoms with Gasteiger partial charge in [0.15, 0.2) is 11.6 Å². The van der Waals surface area contributed by atoms with E-state index in [1.807, 2.05) is 32.9 Å².